The summed E-state index contributed by atoms with van der Waals surface area (Å²) >= 11 is 1.47. The van der Waals surface area contributed by atoms with Gasteiger partial charge in [0.1, 0.15) is 4.83 Å². The van der Waals surface area contributed by atoms with Crippen molar-refractivity contribution >= 4 is 37.5 Å². The first-order valence-electron chi connectivity index (χ1n) is 10.9. The van der Waals surface area contributed by atoms with Crippen molar-refractivity contribution in [2.75, 3.05) is 26.2 Å². The summed E-state index contributed by atoms with van der Waals surface area (Å²) < 4.78 is 29.7. The Labute approximate surface area is 193 Å². The van der Waals surface area contributed by atoms with Crippen molar-refractivity contribution in [3.05, 3.63) is 46.0 Å². The van der Waals surface area contributed by atoms with E-state index in [1.165, 1.54) is 15.6 Å². The second-order valence-electron chi connectivity index (χ2n) is 8.96. The van der Waals surface area contributed by atoms with Crippen LogP contribution in [0, 0.1) is 26.7 Å². The number of piperazine rings is 1. The summed E-state index contributed by atoms with van der Waals surface area (Å²) in [6.07, 6.45) is 0. The van der Waals surface area contributed by atoms with Crippen molar-refractivity contribution in [1.82, 2.24) is 19.0 Å². The number of sulfonamides is 1. The highest BCUT2D eigenvalue weighted by molar-refractivity contribution is 7.89. The predicted octanol–water partition coefficient (Wildman–Crippen LogP) is 3.83. The van der Waals surface area contributed by atoms with Crippen LogP contribution in [0.25, 0.3) is 10.2 Å². The molecular weight excluding hydrogens is 444 g/mol. The summed E-state index contributed by atoms with van der Waals surface area (Å²) in [5, 5.41) is 5.63. The molecule has 9 heteroatoms. The number of nitrogens with zero attached hydrogens (tertiary/aromatic N) is 4. The Hall–Kier alpha value is -2.23. The fourth-order valence-electron chi connectivity index (χ4n) is 4.20. The number of amides is 1. The molecule has 3 heterocycles. The van der Waals surface area contributed by atoms with Gasteiger partial charge in [0.25, 0.3) is 5.91 Å². The first-order valence-corrected chi connectivity index (χ1v) is 13.2. The summed E-state index contributed by atoms with van der Waals surface area (Å²) in [5.41, 5.74) is 2.71. The van der Waals surface area contributed by atoms with Crippen LogP contribution in [0.5, 0.6) is 0 Å². The second kappa shape index (κ2) is 8.61. The zero-order chi connectivity index (χ0) is 23.2. The Kier molecular flexibility index (Phi) is 6.17. The average Bonchev–Trinajstić information content (AvgIpc) is 3.28. The Morgan fingerprint density at radius 1 is 1.09 bits per heavy atom. The van der Waals surface area contributed by atoms with Gasteiger partial charge in [-0.1, -0.05) is 31.5 Å². The van der Waals surface area contributed by atoms with Crippen LogP contribution in [0.15, 0.2) is 29.2 Å². The van der Waals surface area contributed by atoms with E-state index in [1.807, 2.05) is 43.7 Å². The van der Waals surface area contributed by atoms with E-state index in [0.29, 0.717) is 41.9 Å². The van der Waals surface area contributed by atoms with Crippen LogP contribution in [0.3, 0.4) is 0 Å². The Morgan fingerprint density at radius 3 is 2.41 bits per heavy atom. The summed E-state index contributed by atoms with van der Waals surface area (Å²) in [6, 6.07) is 7.32. The number of aromatic nitrogens is 2. The Bertz CT molecular complexity index is 1270. The number of aryl methyl sites for hydroxylation is 3. The fourth-order valence-corrected chi connectivity index (χ4v) is 6.97. The van der Waals surface area contributed by atoms with E-state index in [1.54, 1.807) is 11.0 Å². The molecule has 3 aromatic rings. The maximum atomic E-state index is 13.2. The summed E-state index contributed by atoms with van der Waals surface area (Å²) in [4.78, 5) is 17.0. The number of carbonyl (C=O) groups excluding carboxylic acids is 1. The van der Waals surface area contributed by atoms with Gasteiger partial charge in [-0.25, -0.2) is 8.42 Å². The van der Waals surface area contributed by atoms with Crippen LogP contribution in [-0.4, -0.2) is 59.5 Å². The quantitative estimate of drug-likeness (QED) is 0.563. The van der Waals surface area contributed by atoms with Crippen molar-refractivity contribution < 1.29 is 13.2 Å². The van der Waals surface area contributed by atoms with Gasteiger partial charge in [0.15, 0.2) is 0 Å². The van der Waals surface area contributed by atoms with Gasteiger partial charge in [-0.3, -0.25) is 9.48 Å². The molecule has 0 saturated carbocycles. The third-order valence-corrected chi connectivity index (χ3v) is 9.03. The van der Waals surface area contributed by atoms with Gasteiger partial charge < -0.3 is 4.90 Å². The number of benzene rings is 1. The third-order valence-electron chi connectivity index (χ3n) is 5.83. The highest BCUT2D eigenvalue weighted by Gasteiger charge is 2.32. The molecule has 0 N–H and O–H groups in total. The third kappa shape index (κ3) is 4.21. The second-order valence-corrected chi connectivity index (χ2v) is 11.9. The molecule has 1 amide bonds. The molecule has 0 radical (unpaired) electrons. The standard InChI is InChI=1S/C23H30N4O3S2/c1-15(2)14-27-23-19(18(5)24-27)13-20(31-23)22(28)25-8-10-26(11-9-25)32(29,30)21-7-6-16(3)12-17(21)4/h6-7,12-13,15H,8-11,14H2,1-5H3. The van der Waals surface area contributed by atoms with Gasteiger partial charge in [0.2, 0.25) is 10.0 Å². The van der Waals surface area contributed by atoms with E-state index in [0.717, 1.165) is 33.6 Å². The van der Waals surface area contributed by atoms with Crippen molar-refractivity contribution in [3.8, 4) is 0 Å². The minimum Gasteiger partial charge on any atom is -0.335 e. The lowest BCUT2D eigenvalue weighted by atomic mass is 10.2. The van der Waals surface area contributed by atoms with Gasteiger partial charge in [-0.15, -0.1) is 11.3 Å². The molecule has 1 aromatic carbocycles. The summed E-state index contributed by atoms with van der Waals surface area (Å²) in [7, 11) is -3.57. The van der Waals surface area contributed by atoms with Crippen molar-refractivity contribution in [3.63, 3.8) is 0 Å². The van der Waals surface area contributed by atoms with Crippen LogP contribution in [0.2, 0.25) is 0 Å². The largest absolute Gasteiger partial charge is 0.335 e. The molecule has 1 saturated heterocycles. The normalized spacial score (nSPS) is 15.8. The maximum Gasteiger partial charge on any atom is 0.264 e. The maximum absolute atomic E-state index is 13.2. The first-order chi connectivity index (χ1) is 15.1. The lowest BCUT2D eigenvalue weighted by Gasteiger charge is -2.34. The number of hydrogen-bond donors (Lipinski definition) is 0. The molecule has 0 spiro atoms. The molecule has 1 aliphatic heterocycles. The lowest BCUT2D eigenvalue weighted by Crippen LogP contribution is -2.50. The number of hydrogen-bond acceptors (Lipinski definition) is 5. The molecule has 32 heavy (non-hydrogen) atoms. The summed E-state index contributed by atoms with van der Waals surface area (Å²) in [6.45, 7) is 12.2. The predicted molar refractivity (Wildman–Crippen MR) is 128 cm³/mol. The first kappa shape index (κ1) is 22.9. The molecule has 7 nitrogen and oxygen atoms in total. The van der Waals surface area contributed by atoms with E-state index < -0.39 is 10.0 Å². The molecule has 172 valence electrons. The molecule has 2 aromatic heterocycles. The molecule has 4 rings (SSSR count). The molecule has 0 aliphatic carbocycles. The van der Waals surface area contributed by atoms with Crippen LogP contribution in [-0.2, 0) is 16.6 Å². The number of carbonyl (C=O) groups is 1. The van der Waals surface area contributed by atoms with E-state index >= 15 is 0 Å². The highest BCUT2D eigenvalue weighted by atomic mass is 32.2. The highest BCUT2D eigenvalue weighted by Crippen LogP contribution is 2.30. The molecule has 1 aliphatic rings. The van der Waals surface area contributed by atoms with Gasteiger partial charge in [0.05, 0.1) is 15.5 Å². The van der Waals surface area contributed by atoms with Crippen molar-refractivity contribution in [1.29, 1.82) is 0 Å². The SMILES string of the molecule is Cc1ccc(S(=O)(=O)N2CCN(C(=O)c3cc4c(C)nn(CC(C)C)c4s3)CC2)c(C)c1. The molecule has 0 bridgehead atoms. The van der Waals surface area contributed by atoms with Gasteiger partial charge in [-0.05, 0) is 44.4 Å². The molecule has 0 atom stereocenters. The Balaban J connectivity index is 1.49. The van der Waals surface area contributed by atoms with Crippen molar-refractivity contribution in [2.24, 2.45) is 5.92 Å². The van der Waals surface area contributed by atoms with Crippen molar-refractivity contribution in [2.45, 2.75) is 46.1 Å². The van der Waals surface area contributed by atoms with Crippen LogP contribution in [0.1, 0.15) is 40.3 Å². The zero-order valence-corrected chi connectivity index (χ0v) is 20.9. The topological polar surface area (TPSA) is 75.5 Å². The summed E-state index contributed by atoms with van der Waals surface area (Å²) in [5.74, 6) is 0.427. The molecule has 0 unspecified atom stereocenters. The van der Waals surface area contributed by atoms with Gasteiger partial charge in [-0.2, -0.15) is 9.40 Å². The van der Waals surface area contributed by atoms with E-state index in [4.69, 9.17) is 0 Å². The van der Waals surface area contributed by atoms with E-state index in [9.17, 15) is 13.2 Å². The van der Waals surface area contributed by atoms with E-state index in [2.05, 4.69) is 18.9 Å². The number of thiophene rings is 1. The lowest BCUT2D eigenvalue weighted by molar-refractivity contribution is 0.0703. The number of fused-ring (bicyclic) bond motifs is 1. The van der Waals surface area contributed by atoms with E-state index in [-0.39, 0.29) is 5.91 Å². The molecule has 1 fully saturated rings. The minimum atomic E-state index is -3.57. The minimum absolute atomic E-state index is 0.0368. The molecular formula is C23H30N4O3S2. The van der Waals surface area contributed by atoms with Gasteiger partial charge >= 0.3 is 0 Å². The average molecular weight is 475 g/mol. The number of rotatable bonds is 5. The zero-order valence-electron chi connectivity index (χ0n) is 19.3. The van der Waals surface area contributed by atoms with Crippen LogP contribution >= 0.6 is 11.3 Å². The smallest absolute Gasteiger partial charge is 0.264 e. The Morgan fingerprint density at radius 2 is 1.78 bits per heavy atom. The van der Waals surface area contributed by atoms with Crippen LogP contribution < -0.4 is 0 Å². The monoisotopic (exact) mass is 474 g/mol. The fraction of sp³-hybridized carbons (Fsp3) is 0.478. The van der Waals surface area contributed by atoms with Crippen LogP contribution in [0.4, 0.5) is 0 Å². The van der Waals surface area contributed by atoms with Gasteiger partial charge in [0, 0.05) is 38.1 Å².